The van der Waals surface area contributed by atoms with Crippen molar-refractivity contribution < 1.29 is 19.4 Å². The average molecular weight is 539 g/mol. The molecule has 226 valence electrons. The topological polar surface area (TPSA) is 63.6 Å². The second-order valence-electron chi connectivity index (χ2n) is 11.7. The summed E-state index contributed by atoms with van der Waals surface area (Å²) in [7, 11) is 0. The van der Waals surface area contributed by atoms with Crippen molar-refractivity contribution in [1.82, 2.24) is 0 Å². The van der Waals surface area contributed by atoms with Gasteiger partial charge in [0.25, 0.3) is 0 Å². The molecule has 0 saturated heterocycles. The highest BCUT2D eigenvalue weighted by Gasteiger charge is 2.10. The van der Waals surface area contributed by atoms with E-state index in [1.807, 2.05) is 0 Å². The number of rotatable bonds is 30. The van der Waals surface area contributed by atoms with Crippen LogP contribution in [0.2, 0.25) is 0 Å². The number of unbranched alkanes of at least 4 members (excludes halogenated alkanes) is 22. The quantitative estimate of drug-likeness (QED) is 0.0561. The summed E-state index contributed by atoms with van der Waals surface area (Å²) in [5.41, 5.74) is 0. The fourth-order valence-electron chi connectivity index (χ4n) is 5.18. The zero-order valence-corrected chi connectivity index (χ0v) is 25.8. The Bertz CT molecular complexity index is 505. The Morgan fingerprint density at radius 3 is 1.05 bits per heavy atom. The number of hydrogen-bond acceptors (Lipinski definition) is 4. The van der Waals surface area contributed by atoms with E-state index in [2.05, 4.69) is 13.8 Å². The summed E-state index contributed by atoms with van der Waals surface area (Å²) in [6.07, 6.45) is 33.1. The van der Waals surface area contributed by atoms with Gasteiger partial charge in [-0.1, -0.05) is 162 Å². The van der Waals surface area contributed by atoms with Crippen molar-refractivity contribution in [3.8, 4) is 0 Å². The Balaban J connectivity index is 3.34. The second kappa shape index (κ2) is 30.6. The molecular formula is C34H66O4. The number of aliphatic hydroxyl groups excluding tert-OH is 1. The molecule has 0 heterocycles. The monoisotopic (exact) mass is 538 g/mol. The first-order valence-corrected chi connectivity index (χ1v) is 17.0. The molecule has 1 unspecified atom stereocenters. The highest BCUT2D eigenvalue weighted by atomic mass is 16.6. The summed E-state index contributed by atoms with van der Waals surface area (Å²) >= 11 is 0. The number of carbonyl (C=O) groups excluding carboxylic acids is 2. The van der Waals surface area contributed by atoms with Crippen LogP contribution < -0.4 is 0 Å². The van der Waals surface area contributed by atoms with E-state index in [4.69, 9.17) is 4.74 Å². The summed E-state index contributed by atoms with van der Waals surface area (Å²) in [6, 6.07) is 0. The van der Waals surface area contributed by atoms with Crippen molar-refractivity contribution in [2.45, 2.75) is 206 Å². The minimum atomic E-state index is -0.349. The van der Waals surface area contributed by atoms with E-state index in [-0.39, 0.29) is 18.0 Å². The molecular weight excluding hydrogens is 472 g/mol. The predicted octanol–water partition coefficient (Wildman–Crippen LogP) is 10.8. The van der Waals surface area contributed by atoms with Crippen LogP contribution in [0.1, 0.15) is 200 Å². The predicted molar refractivity (Wildman–Crippen MR) is 162 cm³/mol. The number of hydrogen-bond donors (Lipinski definition) is 1. The highest BCUT2D eigenvalue weighted by molar-refractivity contribution is 5.85. The van der Waals surface area contributed by atoms with E-state index < -0.39 is 0 Å². The molecule has 1 atom stereocenters. The van der Waals surface area contributed by atoms with Gasteiger partial charge in [-0.25, -0.2) is 0 Å². The van der Waals surface area contributed by atoms with Gasteiger partial charge in [-0.3, -0.25) is 9.59 Å². The number of ether oxygens (including phenoxy) is 1. The van der Waals surface area contributed by atoms with Crippen molar-refractivity contribution >= 4 is 11.9 Å². The van der Waals surface area contributed by atoms with E-state index in [1.54, 1.807) is 0 Å². The molecule has 0 aromatic carbocycles. The Morgan fingerprint density at radius 1 is 0.447 bits per heavy atom. The van der Waals surface area contributed by atoms with Crippen LogP contribution in [0.25, 0.3) is 0 Å². The van der Waals surface area contributed by atoms with E-state index in [0.717, 1.165) is 57.8 Å². The largest absolute Gasteiger partial charge is 0.393 e. The molecule has 0 fully saturated rings. The van der Waals surface area contributed by atoms with Gasteiger partial charge in [0, 0.05) is 12.8 Å². The molecule has 0 aliphatic carbocycles. The van der Waals surface area contributed by atoms with Gasteiger partial charge in [0.1, 0.15) is 0 Å². The van der Waals surface area contributed by atoms with Gasteiger partial charge in [-0.2, -0.15) is 0 Å². The zero-order chi connectivity index (χ0) is 27.9. The normalized spacial score (nSPS) is 12.1. The van der Waals surface area contributed by atoms with Crippen LogP contribution in [-0.2, 0) is 14.3 Å². The fraction of sp³-hybridized carbons (Fsp3) is 0.941. The number of carbonyl (C=O) groups is 2. The minimum absolute atomic E-state index is 0.104. The smallest absolute Gasteiger partial charge is 0.313 e. The fourth-order valence-corrected chi connectivity index (χ4v) is 5.18. The molecule has 1 N–H and O–H groups in total. The summed E-state index contributed by atoms with van der Waals surface area (Å²) in [4.78, 5) is 23.8. The van der Waals surface area contributed by atoms with Crippen molar-refractivity contribution in [3.63, 3.8) is 0 Å². The maximum absolute atomic E-state index is 11.9. The van der Waals surface area contributed by atoms with Gasteiger partial charge >= 0.3 is 11.9 Å². The Morgan fingerprint density at radius 2 is 0.711 bits per heavy atom. The summed E-state index contributed by atoms with van der Waals surface area (Å²) in [5.74, 6) is -0.693. The van der Waals surface area contributed by atoms with Crippen LogP contribution in [0, 0.1) is 0 Å². The lowest BCUT2D eigenvalue weighted by atomic mass is 10.0. The molecule has 4 nitrogen and oxygen atoms in total. The van der Waals surface area contributed by atoms with E-state index in [1.165, 1.54) is 116 Å². The van der Waals surface area contributed by atoms with Gasteiger partial charge in [0.05, 0.1) is 6.10 Å². The van der Waals surface area contributed by atoms with Gasteiger partial charge in [-0.05, 0) is 25.7 Å². The Hall–Kier alpha value is -0.900. The van der Waals surface area contributed by atoms with Crippen molar-refractivity contribution in [2.24, 2.45) is 0 Å². The lowest BCUT2D eigenvalue weighted by molar-refractivity contribution is -0.159. The van der Waals surface area contributed by atoms with Crippen LogP contribution in [-0.4, -0.2) is 23.1 Å². The van der Waals surface area contributed by atoms with E-state index in [0.29, 0.717) is 12.8 Å². The first kappa shape index (κ1) is 37.1. The third-order valence-corrected chi connectivity index (χ3v) is 7.77. The lowest BCUT2D eigenvalue weighted by Gasteiger charge is -2.10. The zero-order valence-electron chi connectivity index (χ0n) is 25.8. The third-order valence-electron chi connectivity index (χ3n) is 7.77. The molecule has 0 saturated carbocycles. The molecule has 0 aromatic heterocycles. The molecule has 0 aliphatic heterocycles. The number of esters is 2. The van der Waals surface area contributed by atoms with Gasteiger partial charge < -0.3 is 9.84 Å². The maximum Gasteiger partial charge on any atom is 0.313 e. The van der Waals surface area contributed by atoms with Crippen LogP contribution >= 0.6 is 0 Å². The standard InChI is InChI=1S/C34H66O4/c1-3-5-7-9-10-11-12-13-14-15-19-22-26-30-33(36)38-34(37)31-27-23-20-17-16-18-21-25-29-32(35)28-24-8-6-4-2/h32,35H,3-31H2,1-2H3. The first-order chi connectivity index (χ1) is 18.6. The van der Waals surface area contributed by atoms with Gasteiger partial charge in [0.15, 0.2) is 0 Å². The van der Waals surface area contributed by atoms with Crippen LogP contribution in [0.5, 0.6) is 0 Å². The molecule has 0 radical (unpaired) electrons. The maximum atomic E-state index is 11.9. The highest BCUT2D eigenvalue weighted by Crippen LogP contribution is 2.15. The van der Waals surface area contributed by atoms with Crippen LogP contribution in [0.4, 0.5) is 0 Å². The summed E-state index contributed by atoms with van der Waals surface area (Å²) in [6.45, 7) is 4.48. The van der Waals surface area contributed by atoms with E-state index in [9.17, 15) is 14.7 Å². The van der Waals surface area contributed by atoms with Gasteiger partial charge in [0.2, 0.25) is 0 Å². The lowest BCUT2D eigenvalue weighted by Crippen LogP contribution is -2.11. The van der Waals surface area contributed by atoms with E-state index >= 15 is 0 Å². The molecule has 0 aliphatic rings. The summed E-state index contributed by atoms with van der Waals surface area (Å²) < 4.78 is 4.99. The Labute approximate surface area is 237 Å². The second-order valence-corrected chi connectivity index (χ2v) is 11.7. The molecule has 0 aromatic rings. The molecule has 38 heavy (non-hydrogen) atoms. The molecule has 0 amide bonds. The Kier molecular flexibility index (Phi) is 29.9. The first-order valence-electron chi connectivity index (χ1n) is 17.0. The van der Waals surface area contributed by atoms with Crippen molar-refractivity contribution in [1.29, 1.82) is 0 Å². The molecule has 0 bridgehead atoms. The third kappa shape index (κ3) is 29.7. The van der Waals surface area contributed by atoms with Crippen LogP contribution in [0.3, 0.4) is 0 Å². The molecule has 0 spiro atoms. The summed E-state index contributed by atoms with van der Waals surface area (Å²) in [5, 5.41) is 10.0. The SMILES string of the molecule is CCCCCCCCCCCCCCCC(=O)OC(=O)CCCCCCCCCCC(O)CCCCCC. The van der Waals surface area contributed by atoms with Crippen molar-refractivity contribution in [2.75, 3.05) is 0 Å². The van der Waals surface area contributed by atoms with Crippen LogP contribution in [0.15, 0.2) is 0 Å². The molecule has 0 rings (SSSR count). The van der Waals surface area contributed by atoms with Crippen molar-refractivity contribution in [3.05, 3.63) is 0 Å². The average Bonchev–Trinajstić information content (AvgIpc) is 2.90. The minimum Gasteiger partial charge on any atom is -0.393 e. The van der Waals surface area contributed by atoms with Gasteiger partial charge in [-0.15, -0.1) is 0 Å². The molecule has 4 heteroatoms. The number of aliphatic hydroxyl groups is 1.